The number of hydrogen-bond donors (Lipinski definition) is 2. The second-order valence-corrected chi connectivity index (χ2v) is 6.09. The van der Waals surface area contributed by atoms with Crippen molar-refractivity contribution in [2.24, 2.45) is 0 Å². The summed E-state index contributed by atoms with van der Waals surface area (Å²) in [6.45, 7) is 4.53. The van der Waals surface area contributed by atoms with Crippen LogP contribution < -0.4 is 10.6 Å². The molecule has 2 N–H and O–H groups in total. The summed E-state index contributed by atoms with van der Waals surface area (Å²) in [6.07, 6.45) is 0.270. The molecule has 0 heterocycles. The van der Waals surface area contributed by atoms with E-state index < -0.39 is 5.97 Å². The van der Waals surface area contributed by atoms with Gasteiger partial charge in [0.1, 0.15) is 0 Å². The van der Waals surface area contributed by atoms with Gasteiger partial charge in [-0.3, -0.25) is 4.79 Å². The molecule has 0 aromatic heterocycles. The number of hydrogen-bond acceptors (Lipinski definition) is 4. The zero-order valence-corrected chi connectivity index (χ0v) is 15.2. The van der Waals surface area contributed by atoms with E-state index in [2.05, 4.69) is 15.4 Å². The summed E-state index contributed by atoms with van der Waals surface area (Å²) in [5.41, 5.74) is 4.03. The molecule has 0 saturated heterocycles. The number of esters is 1. The third-order valence-electron chi connectivity index (χ3n) is 3.80. The molecule has 2 rings (SSSR count). The largest absolute Gasteiger partial charge is 0.465 e. The lowest BCUT2D eigenvalue weighted by Gasteiger charge is -2.13. The van der Waals surface area contributed by atoms with Crippen LogP contribution in [0.25, 0.3) is 0 Å². The number of ether oxygens (including phenoxy) is 1. The van der Waals surface area contributed by atoms with Crippen molar-refractivity contribution in [3.8, 4) is 0 Å². The van der Waals surface area contributed by atoms with Gasteiger partial charge in [0.2, 0.25) is 5.91 Å². The number of methoxy groups -OCH3 is 1. The quantitative estimate of drug-likeness (QED) is 0.758. The average molecular weight is 361 g/mol. The maximum absolute atomic E-state index is 12.1. The first-order valence-corrected chi connectivity index (χ1v) is 8.28. The molecule has 0 saturated carbocycles. The first-order chi connectivity index (χ1) is 11.9. The van der Waals surface area contributed by atoms with Crippen molar-refractivity contribution in [1.82, 2.24) is 0 Å². The van der Waals surface area contributed by atoms with Crippen molar-refractivity contribution >= 4 is 34.9 Å². The van der Waals surface area contributed by atoms with E-state index in [0.717, 1.165) is 16.8 Å². The Bertz CT molecular complexity index is 770. The van der Waals surface area contributed by atoms with Crippen molar-refractivity contribution in [3.05, 3.63) is 58.1 Å². The van der Waals surface area contributed by atoms with Gasteiger partial charge in [0.15, 0.2) is 0 Å². The lowest BCUT2D eigenvalue weighted by atomic mass is 10.1. The third-order valence-corrected chi connectivity index (χ3v) is 4.13. The third kappa shape index (κ3) is 4.97. The minimum Gasteiger partial charge on any atom is -0.465 e. The molecule has 0 aliphatic rings. The van der Waals surface area contributed by atoms with Gasteiger partial charge in [-0.05, 0) is 43.2 Å². The second-order valence-electron chi connectivity index (χ2n) is 5.68. The fourth-order valence-corrected chi connectivity index (χ4v) is 2.64. The minimum atomic E-state index is -0.483. The van der Waals surface area contributed by atoms with Crippen LogP contribution in [0, 0.1) is 13.8 Å². The van der Waals surface area contributed by atoms with E-state index in [1.165, 1.54) is 13.2 Å². The molecule has 0 aliphatic carbocycles. The van der Waals surface area contributed by atoms with Gasteiger partial charge in [-0.1, -0.05) is 29.8 Å². The van der Waals surface area contributed by atoms with Crippen molar-refractivity contribution in [2.75, 3.05) is 24.3 Å². The Hall–Kier alpha value is -2.53. The van der Waals surface area contributed by atoms with Crippen molar-refractivity contribution in [2.45, 2.75) is 20.3 Å². The second kappa shape index (κ2) is 8.53. The van der Waals surface area contributed by atoms with E-state index in [9.17, 15) is 9.59 Å². The molecule has 0 radical (unpaired) electrons. The van der Waals surface area contributed by atoms with Crippen LogP contribution >= 0.6 is 11.6 Å². The van der Waals surface area contributed by atoms with Crippen LogP contribution in [0.2, 0.25) is 5.02 Å². The number of anilines is 2. The first-order valence-electron chi connectivity index (χ1n) is 7.90. The zero-order chi connectivity index (χ0) is 18.4. The topological polar surface area (TPSA) is 67.4 Å². The Morgan fingerprint density at radius 1 is 1.12 bits per heavy atom. The number of nitrogens with one attached hydrogen (secondary N) is 2. The number of rotatable bonds is 6. The molecule has 0 bridgehead atoms. The Balaban J connectivity index is 1.95. The van der Waals surface area contributed by atoms with E-state index in [-0.39, 0.29) is 12.3 Å². The monoisotopic (exact) mass is 360 g/mol. The molecule has 25 heavy (non-hydrogen) atoms. The molecule has 5 nitrogen and oxygen atoms in total. The smallest absolute Gasteiger partial charge is 0.337 e. The number of aryl methyl sites for hydroxylation is 2. The Kier molecular flexibility index (Phi) is 6.42. The summed E-state index contributed by atoms with van der Waals surface area (Å²) in [4.78, 5) is 23.7. The van der Waals surface area contributed by atoms with Crippen molar-refractivity contribution in [1.29, 1.82) is 0 Å². The van der Waals surface area contributed by atoms with Gasteiger partial charge in [0.25, 0.3) is 0 Å². The zero-order valence-electron chi connectivity index (χ0n) is 14.5. The molecule has 132 valence electrons. The van der Waals surface area contributed by atoms with Crippen LogP contribution in [-0.2, 0) is 9.53 Å². The van der Waals surface area contributed by atoms with Crippen LogP contribution in [0.3, 0.4) is 0 Å². The Labute approximate surface area is 152 Å². The number of benzene rings is 2. The fraction of sp³-hybridized carbons (Fsp3) is 0.263. The van der Waals surface area contributed by atoms with Gasteiger partial charge in [0, 0.05) is 18.7 Å². The molecule has 0 aliphatic heterocycles. The molecular weight excluding hydrogens is 340 g/mol. The summed E-state index contributed by atoms with van der Waals surface area (Å²) >= 11 is 6.08. The summed E-state index contributed by atoms with van der Waals surface area (Å²) in [5, 5.41) is 6.37. The predicted octanol–water partition coefficient (Wildman–Crippen LogP) is 4.18. The van der Waals surface area contributed by atoms with Gasteiger partial charge in [-0.2, -0.15) is 0 Å². The number of para-hydroxylation sites is 1. The first kappa shape index (κ1) is 18.8. The molecule has 0 unspecified atom stereocenters. The number of carbonyl (C=O) groups excluding carboxylic acids is 2. The van der Waals surface area contributed by atoms with E-state index >= 15 is 0 Å². The van der Waals surface area contributed by atoms with Crippen LogP contribution in [0.15, 0.2) is 36.4 Å². The highest BCUT2D eigenvalue weighted by Crippen LogP contribution is 2.24. The molecule has 0 atom stereocenters. The van der Waals surface area contributed by atoms with Crippen molar-refractivity contribution in [3.63, 3.8) is 0 Å². The molecular formula is C19H21ClN2O3. The molecule has 2 aromatic rings. The maximum Gasteiger partial charge on any atom is 0.337 e. The van der Waals surface area contributed by atoms with Gasteiger partial charge >= 0.3 is 5.97 Å². The Morgan fingerprint density at radius 3 is 2.44 bits per heavy atom. The fourth-order valence-electron chi connectivity index (χ4n) is 2.47. The van der Waals surface area contributed by atoms with Crippen molar-refractivity contribution < 1.29 is 14.3 Å². The van der Waals surface area contributed by atoms with Gasteiger partial charge < -0.3 is 15.4 Å². The maximum atomic E-state index is 12.1. The summed E-state index contributed by atoms with van der Waals surface area (Å²) < 4.78 is 4.67. The lowest BCUT2D eigenvalue weighted by molar-refractivity contribution is -0.115. The minimum absolute atomic E-state index is 0.192. The molecule has 0 fully saturated rings. The van der Waals surface area contributed by atoms with E-state index in [1.807, 2.05) is 32.0 Å². The normalized spacial score (nSPS) is 10.2. The highest BCUT2D eigenvalue weighted by molar-refractivity contribution is 6.33. The standard InChI is InChI=1S/C19H21ClN2O3/c1-12-5-4-6-13(2)18(12)21-10-9-17(23)22-16-11-14(19(24)25-3)7-8-15(16)20/h4-8,11,21H,9-10H2,1-3H3,(H,22,23). The SMILES string of the molecule is COC(=O)c1ccc(Cl)c(NC(=O)CCNc2c(C)cccc2C)c1. The molecule has 6 heteroatoms. The lowest BCUT2D eigenvalue weighted by Crippen LogP contribution is -2.17. The number of amides is 1. The molecule has 2 aromatic carbocycles. The Morgan fingerprint density at radius 2 is 1.80 bits per heavy atom. The molecule has 0 spiro atoms. The van der Waals surface area contributed by atoms with E-state index in [1.54, 1.807) is 12.1 Å². The number of carbonyl (C=O) groups is 2. The van der Waals surface area contributed by atoms with Crippen LogP contribution in [0.4, 0.5) is 11.4 Å². The number of halogens is 1. The van der Waals surface area contributed by atoms with E-state index in [4.69, 9.17) is 11.6 Å². The van der Waals surface area contributed by atoms with Crippen LogP contribution in [0.1, 0.15) is 27.9 Å². The van der Waals surface area contributed by atoms with Gasteiger partial charge in [-0.25, -0.2) is 4.79 Å². The average Bonchev–Trinajstić information content (AvgIpc) is 2.58. The highest BCUT2D eigenvalue weighted by atomic mass is 35.5. The van der Waals surface area contributed by atoms with Crippen LogP contribution in [-0.4, -0.2) is 25.5 Å². The van der Waals surface area contributed by atoms with E-state index in [0.29, 0.717) is 22.8 Å². The van der Waals surface area contributed by atoms with Gasteiger partial charge in [0.05, 0.1) is 23.4 Å². The summed E-state index contributed by atoms with van der Waals surface area (Å²) in [6, 6.07) is 10.6. The van der Waals surface area contributed by atoms with Gasteiger partial charge in [-0.15, -0.1) is 0 Å². The predicted molar refractivity (Wildman–Crippen MR) is 100 cm³/mol. The highest BCUT2D eigenvalue weighted by Gasteiger charge is 2.11. The molecule has 1 amide bonds. The summed E-state index contributed by atoms with van der Waals surface area (Å²) in [5.74, 6) is -0.675. The van der Waals surface area contributed by atoms with Crippen LogP contribution in [0.5, 0.6) is 0 Å². The summed E-state index contributed by atoms with van der Waals surface area (Å²) in [7, 11) is 1.30.